The zero-order chi connectivity index (χ0) is 22.3. The van der Waals surface area contributed by atoms with Gasteiger partial charge in [-0.2, -0.15) is 0 Å². The van der Waals surface area contributed by atoms with Gasteiger partial charge in [-0.3, -0.25) is 5.41 Å². The van der Waals surface area contributed by atoms with E-state index in [1.807, 2.05) is 26.0 Å². The number of anilines is 1. The van der Waals surface area contributed by atoms with E-state index in [0.29, 0.717) is 35.1 Å². The van der Waals surface area contributed by atoms with Crippen LogP contribution in [0.5, 0.6) is 5.75 Å². The third kappa shape index (κ3) is 5.08. The standard InChI is InChI=1S/C24H29N3O3/c1-4-7-8-18-16(10-14-22(29)30)9-12-20(24(25)26)23(18)19-13-11-17(15-21(19)28)27(5-2)6-3/h4,9-15,28H,1,5-8H2,2-3H3,(H3,25,26)(H,29,30). The van der Waals surface area contributed by atoms with Gasteiger partial charge in [-0.05, 0) is 56.0 Å². The minimum Gasteiger partial charge on any atom is -0.507 e. The van der Waals surface area contributed by atoms with E-state index in [1.54, 1.807) is 24.3 Å². The van der Waals surface area contributed by atoms with E-state index in [9.17, 15) is 9.90 Å². The van der Waals surface area contributed by atoms with Crippen LogP contribution in [-0.2, 0) is 11.2 Å². The summed E-state index contributed by atoms with van der Waals surface area (Å²) in [5.74, 6) is -1.08. The SMILES string of the molecule is C=CCCc1c(C=CC(=O)O)ccc(C(=N)N)c1-c1ccc(N(CC)CC)cc1O. The number of nitrogens with zero attached hydrogens (tertiary/aromatic N) is 1. The lowest BCUT2D eigenvalue weighted by atomic mass is 9.87. The molecular weight excluding hydrogens is 378 g/mol. The number of hydrogen-bond acceptors (Lipinski definition) is 4. The number of nitrogens with two attached hydrogens (primary N) is 1. The number of rotatable bonds is 10. The van der Waals surface area contributed by atoms with Crippen LogP contribution >= 0.6 is 0 Å². The van der Waals surface area contributed by atoms with E-state index >= 15 is 0 Å². The van der Waals surface area contributed by atoms with Crippen molar-refractivity contribution in [3.05, 3.63) is 65.8 Å². The van der Waals surface area contributed by atoms with Crippen LogP contribution < -0.4 is 10.6 Å². The minimum atomic E-state index is -1.05. The number of benzene rings is 2. The maximum Gasteiger partial charge on any atom is 0.328 e. The molecule has 0 unspecified atom stereocenters. The molecule has 0 heterocycles. The largest absolute Gasteiger partial charge is 0.507 e. The average Bonchev–Trinajstić information content (AvgIpc) is 2.71. The predicted octanol–water partition coefficient (Wildman–Crippen LogP) is 4.41. The van der Waals surface area contributed by atoms with E-state index in [-0.39, 0.29) is 11.6 Å². The summed E-state index contributed by atoms with van der Waals surface area (Å²) >= 11 is 0. The highest BCUT2D eigenvalue weighted by molar-refractivity contribution is 6.04. The van der Waals surface area contributed by atoms with E-state index in [0.717, 1.165) is 30.4 Å². The Labute approximate surface area is 177 Å². The van der Waals surface area contributed by atoms with Gasteiger partial charge in [-0.25, -0.2) is 4.79 Å². The Hall–Kier alpha value is -3.54. The fraction of sp³-hybridized carbons (Fsp3) is 0.250. The van der Waals surface area contributed by atoms with Gasteiger partial charge in [0, 0.05) is 47.6 Å². The second kappa shape index (κ2) is 10.3. The van der Waals surface area contributed by atoms with Gasteiger partial charge in [-0.15, -0.1) is 6.58 Å². The van der Waals surface area contributed by atoms with Crippen molar-refractivity contribution >= 4 is 23.6 Å². The normalized spacial score (nSPS) is 10.9. The van der Waals surface area contributed by atoms with Gasteiger partial charge in [0.2, 0.25) is 0 Å². The maximum absolute atomic E-state index is 11.0. The molecule has 0 aromatic heterocycles. The molecule has 0 saturated carbocycles. The van der Waals surface area contributed by atoms with Gasteiger partial charge >= 0.3 is 5.97 Å². The molecule has 0 aliphatic heterocycles. The van der Waals surface area contributed by atoms with Crippen LogP contribution in [-0.4, -0.2) is 35.1 Å². The lowest BCUT2D eigenvalue weighted by Gasteiger charge is -2.23. The van der Waals surface area contributed by atoms with Gasteiger partial charge < -0.3 is 20.8 Å². The van der Waals surface area contributed by atoms with Crippen molar-refractivity contribution in [3.63, 3.8) is 0 Å². The number of hydrogen-bond donors (Lipinski definition) is 4. The number of allylic oxidation sites excluding steroid dienone is 1. The molecule has 2 aromatic carbocycles. The molecule has 0 aliphatic rings. The second-order valence-corrected chi connectivity index (χ2v) is 6.84. The lowest BCUT2D eigenvalue weighted by molar-refractivity contribution is -0.131. The van der Waals surface area contributed by atoms with Gasteiger partial charge in [0.1, 0.15) is 11.6 Å². The molecule has 30 heavy (non-hydrogen) atoms. The van der Waals surface area contributed by atoms with Crippen LogP contribution in [0.3, 0.4) is 0 Å². The van der Waals surface area contributed by atoms with E-state index < -0.39 is 5.97 Å². The van der Waals surface area contributed by atoms with Crippen LogP contribution in [0.2, 0.25) is 0 Å². The molecule has 0 aliphatic carbocycles. The molecule has 0 amide bonds. The zero-order valence-corrected chi connectivity index (χ0v) is 17.5. The van der Waals surface area contributed by atoms with Crippen molar-refractivity contribution < 1.29 is 15.0 Å². The molecule has 6 heteroatoms. The molecular formula is C24H29N3O3. The van der Waals surface area contributed by atoms with Gasteiger partial charge in [0.05, 0.1) is 0 Å². The summed E-state index contributed by atoms with van der Waals surface area (Å²) in [6, 6.07) is 8.91. The number of phenolic OH excluding ortho intramolecular Hbond substituents is 1. The van der Waals surface area contributed by atoms with Crippen LogP contribution in [0.25, 0.3) is 17.2 Å². The summed E-state index contributed by atoms with van der Waals surface area (Å²) in [5, 5.41) is 28.0. The summed E-state index contributed by atoms with van der Waals surface area (Å²) in [4.78, 5) is 13.2. The fourth-order valence-electron chi connectivity index (χ4n) is 3.55. The first kappa shape index (κ1) is 22.7. The second-order valence-electron chi connectivity index (χ2n) is 6.84. The van der Waals surface area contributed by atoms with Crippen LogP contribution in [0.1, 0.15) is 37.0 Å². The Morgan fingerprint density at radius 3 is 2.47 bits per heavy atom. The third-order valence-electron chi connectivity index (χ3n) is 5.02. The molecule has 0 bridgehead atoms. The van der Waals surface area contributed by atoms with Crippen LogP contribution in [0.15, 0.2) is 49.1 Å². The topological polar surface area (TPSA) is 111 Å². The first-order chi connectivity index (χ1) is 14.3. The summed E-state index contributed by atoms with van der Waals surface area (Å²) in [5.41, 5.74) is 9.96. The summed E-state index contributed by atoms with van der Waals surface area (Å²) in [7, 11) is 0. The smallest absolute Gasteiger partial charge is 0.328 e. The van der Waals surface area contributed by atoms with Crippen LogP contribution in [0, 0.1) is 5.41 Å². The number of nitrogen functional groups attached to an aromatic ring is 1. The first-order valence-corrected chi connectivity index (χ1v) is 9.94. The number of aromatic hydroxyl groups is 1. The number of nitrogens with one attached hydrogen (secondary N) is 1. The monoisotopic (exact) mass is 407 g/mol. The Kier molecular flexibility index (Phi) is 7.81. The predicted molar refractivity (Wildman–Crippen MR) is 123 cm³/mol. The van der Waals surface area contributed by atoms with E-state index in [4.69, 9.17) is 16.2 Å². The summed E-state index contributed by atoms with van der Waals surface area (Å²) < 4.78 is 0. The number of amidine groups is 1. The van der Waals surface area contributed by atoms with Gasteiger partial charge in [0.25, 0.3) is 0 Å². The summed E-state index contributed by atoms with van der Waals surface area (Å²) in [6.45, 7) is 9.50. The van der Waals surface area contributed by atoms with Crippen molar-refractivity contribution in [2.45, 2.75) is 26.7 Å². The Bertz CT molecular complexity index is 976. The number of carboxylic acid groups (broad SMARTS) is 1. The minimum absolute atomic E-state index is 0.0844. The maximum atomic E-state index is 11.0. The van der Waals surface area contributed by atoms with Crippen molar-refractivity contribution in [2.75, 3.05) is 18.0 Å². The fourth-order valence-corrected chi connectivity index (χ4v) is 3.55. The van der Waals surface area contributed by atoms with Crippen LogP contribution in [0.4, 0.5) is 5.69 Å². The lowest BCUT2D eigenvalue weighted by Crippen LogP contribution is -2.21. The molecule has 158 valence electrons. The molecule has 0 fully saturated rings. The quantitative estimate of drug-likeness (QED) is 0.202. The molecule has 5 N–H and O–H groups in total. The van der Waals surface area contributed by atoms with E-state index in [1.165, 1.54) is 6.08 Å². The van der Waals surface area contributed by atoms with Crippen molar-refractivity contribution in [3.8, 4) is 16.9 Å². The molecule has 2 aromatic rings. The number of aliphatic carboxylic acids is 1. The Balaban J connectivity index is 2.77. The first-order valence-electron chi connectivity index (χ1n) is 9.94. The molecule has 2 rings (SSSR count). The zero-order valence-electron chi connectivity index (χ0n) is 17.5. The van der Waals surface area contributed by atoms with Gasteiger partial charge in [0.15, 0.2) is 0 Å². The van der Waals surface area contributed by atoms with Gasteiger partial charge in [-0.1, -0.05) is 18.2 Å². The van der Waals surface area contributed by atoms with Crippen molar-refractivity contribution in [2.24, 2.45) is 5.73 Å². The van der Waals surface area contributed by atoms with Crippen molar-refractivity contribution in [1.82, 2.24) is 0 Å². The molecule has 6 nitrogen and oxygen atoms in total. The number of carboxylic acids is 1. The third-order valence-corrected chi connectivity index (χ3v) is 5.02. The highest BCUT2D eigenvalue weighted by atomic mass is 16.4. The van der Waals surface area contributed by atoms with Crippen molar-refractivity contribution in [1.29, 1.82) is 5.41 Å². The molecule has 0 spiro atoms. The molecule has 0 radical (unpaired) electrons. The number of phenols is 1. The Morgan fingerprint density at radius 2 is 1.93 bits per heavy atom. The Morgan fingerprint density at radius 1 is 1.23 bits per heavy atom. The highest BCUT2D eigenvalue weighted by Crippen LogP contribution is 2.39. The average molecular weight is 408 g/mol. The summed E-state index contributed by atoms with van der Waals surface area (Å²) in [6.07, 6.45) is 5.60. The highest BCUT2D eigenvalue weighted by Gasteiger charge is 2.19. The number of carbonyl (C=O) groups is 1. The molecule has 0 atom stereocenters. The van der Waals surface area contributed by atoms with E-state index in [2.05, 4.69) is 11.5 Å². The molecule has 0 saturated heterocycles.